The van der Waals surface area contributed by atoms with Crippen LogP contribution in [-0.4, -0.2) is 68.7 Å². The lowest BCUT2D eigenvalue weighted by molar-refractivity contribution is -0.115. The van der Waals surface area contributed by atoms with Gasteiger partial charge in [0.1, 0.15) is 6.10 Å². The van der Waals surface area contributed by atoms with Crippen molar-refractivity contribution >= 4 is 29.3 Å². The quantitative estimate of drug-likeness (QED) is 0.304. The van der Waals surface area contributed by atoms with Gasteiger partial charge in [0.2, 0.25) is 5.91 Å². The lowest BCUT2D eigenvalue weighted by Crippen LogP contribution is -2.42. The van der Waals surface area contributed by atoms with Crippen molar-refractivity contribution in [3.63, 3.8) is 0 Å². The van der Waals surface area contributed by atoms with E-state index in [4.69, 9.17) is 4.74 Å². The smallest absolute Gasteiger partial charge is 0.411 e. The van der Waals surface area contributed by atoms with Gasteiger partial charge in [-0.25, -0.2) is 4.79 Å². The highest BCUT2D eigenvalue weighted by molar-refractivity contribution is 5.99. The minimum Gasteiger partial charge on any atom is -0.446 e. The van der Waals surface area contributed by atoms with Crippen LogP contribution in [0.15, 0.2) is 72.8 Å². The van der Waals surface area contributed by atoms with E-state index in [9.17, 15) is 14.4 Å². The highest BCUT2D eigenvalue weighted by Crippen LogP contribution is 2.28. The van der Waals surface area contributed by atoms with Gasteiger partial charge in [-0.05, 0) is 56.1 Å². The third kappa shape index (κ3) is 7.91. The average Bonchev–Trinajstić information content (AvgIpc) is 2.96. The molecule has 0 bridgehead atoms. The van der Waals surface area contributed by atoms with Gasteiger partial charge in [-0.3, -0.25) is 14.9 Å². The molecule has 0 spiro atoms. The summed E-state index contributed by atoms with van der Waals surface area (Å²) in [4.78, 5) is 39.6. The van der Waals surface area contributed by atoms with E-state index in [1.54, 1.807) is 25.2 Å². The number of nitrogens with zero attached hydrogens (tertiary/aromatic N) is 1. The van der Waals surface area contributed by atoms with E-state index in [1.807, 2.05) is 61.5 Å². The van der Waals surface area contributed by atoms with Gasteiger partial charge in [0.15, 0.2) is 0 Å². The first-order valence-electron chi connectivity index (χ1n) is 13.6. The van der Waals surface area contributed by atoms with Crippen LogP contribution in [0.4, 0.5) is 16.2 Å². The maximum absolute atomic E-state index is 12.8. The van der Waals surface area contributed by atoms with Crippen LogP contribution in [0.2, 0.25) is 0 Å². The number of rotatable bonds is 10. The number of benzene rings is 3. The first-order valence-corrected chi connectivity index (χ1v) is 13.6. The number of anilines is 2. The molecule has 0 atom stereocenters. The zero-order valence-corrected chi connectivity index (χ0v) is 23.0. The number of para-hydroxylation sites is 1. The largest absolute Gasteiger partial charge is 0.446 e. The molecule has 1 aliphatic heterocycles. The Hall–Kier alpha value is -4.21. The fourth-order valence-corrected chi connectivity index (χ4v) is 4.80. The fourth-order valence-electron chi connectivity index (χ4n) is 4.80. The van der Waals surface area contributed by atoms with Gasteiger partial charge >= 0.3 is 6.09 Å². The van der Waals surface area contributed by atoms with E-state index < -0.39 is 6.09 Å². The van der Waals surface area contributed by atoms with Gasteiger partial charge in [0.25, 0.3) is 5.91 Å². The van der Waals surface area contributed by atoms with Crippen LogP contribution in [0.1, 0.15) is 28.8 Å². The summed E-state index contributed by atoms with van der Waals surface area (Å²) in [5, 5.41) is 11.5. The van der Waals surface area contributed by atoms with Crippen molar-refractivity contribution in [2.75, 3.05) is 50.4 Å². The number of nitrogens with one attached hydrogen (secondary N) is 4. The van der Waals surface area contributed by atoms with E-state index in [0.29, 0.717) is 30.0 Å². The molecule has 0 radical (unpaired) electrons. The average molecular weight is 544 g/mol. The van der Waals surface area contributed by atoms with E-state index in [2.05, 4.69) is 26.2 Å². The molecule has 1 fully saturated rings. The molecular formula is C31H37N5O4. The summed E-state index contributed by atoms with van der Waals surface area (Å²) in [5.41, 5.74) is 4.58. The molecule has 0 aromatic heterocycles. The Balaban J connectivity index is 1.20. The molecule has 1 aliphatic rings. The molecule has 3 aromatic rings. The number of carbonyl (C=O) groups is 3. The Bertz CT molecular complexity index is 1310. The molecule has 4 rings (SSSR count). The normalized spacial score (nSPS) is 13.8. The maximum Gasteiger partial charge on any atom is 0.411 e. The number of carbonyl (C=O) groups excluding carboxylic acids is 3. The van der Waals surface area contributed by atoms with E-state index >= 15 is 0 Å². The molecule has 1 heterocycles. The Morgan fingerprint density at radius 2 is 1.57 bits per heavy atom. The molecule has 4 N–H and O–H groups in total. The molecule has 3 aromatic carbocycles. The SMILES string of the molecule is CNCC(=O)Nc1cccc(C(=O)NCCN2CCC(OC(=O)Nc3ccccc3-c3ccccc3)CC2)c1C. The van der Waals surface area contributed by atoms with Gasteiger partial charge in [-0.2, -0.15) is 0 Å². The van der Waals surface area contributed by atoms with E-state index in [0.717, 1.165) is 42.6 Å². The topological polar surface area (TPSA) is 112 Å². The van der Waals surface area contributed by atoms with Crippen molar-refractivity contribution in [2.45, 2.75) is 25.9 Å². The minimum atomic E-state index is -0.450. The number of likely N-dealkylation sites (tertiary alicyclic amines) is 1. The van der Waals surface area contributed by atoms with Crippen LogP contribution in [-0.2, 0) is 9.53 Å². The highest BCUT2D eigenvalue weighted by Gasteiger charge is 2.23. The van der Waals surface area contributed by atoms with Gasteiger partial charge in [-0.15, -0.1) is 0 Å². The maximum atomic E-state index is 12.8. The van der Waals surface area contributed by atoms with E-state index in [1.165, 1.54) is 0 Å². The third-order valence-corrected chi connectivity index (χ3v) is 6.96. The first-order chi connectivity index (χ1) is 19.4. The van der Waals surface area contributed by atoms with Gasteiger partial charge in [0.05, 0.1) is 12.2 Å². The number of hydrogen-bond donors (Lipinski definition) is 4. The lowest BCUT2D eigenvalue weighted by atomic mass is 10.0. The summed E-state index contributed by atoms with van der Waals surface area (Å²) < 4.78 is 5.72. The van der Waals surface area contributed by atoms with Crippen LogP contribution in [0.25, 0.3) is 11.1 Å². The van der Waals surface area contributed by atoms with Crippen LogP contribution in [0, 0.1) is 6.92 Å². The second-order valence-corrected chi connectivity index (χ2v) is 9.80. The lowest BCUT2D eigenvalue weighted by Gasteiger charge is -2.31. The molecular weight excluding hydrogens is 506 g/mol. The van der Waals surface area contributed by atoms with Crippen molar-refractivity contribution < 1.29 is 19.1 Å². The zero-order chi connectivity index (χ0) is 28.3. The van der Waals surface area contributed by atoms with Crippen LogP contribution in [0.5, 0.6) is 0 Å². The highest BCUT2D eigenvalue weighted by atomic mass is 16.6. The monoisotopic (exact) mass is 543 g/mol. The molecule has 1 saturated heterocycles. The van der Waals surface area contributed by atoms with Crippen LogP contribution >= 0.6 is 0 Å². The third-order valence-electron chi connectivity index (χ3n) is 6.96. The van der Waals surface area contributed by atoms with Crippen LogP contribution in [0.3, 0.4) is 0 Å². The summed E-state index contributed by atoms with van der Waals surface area (Å²) in [6, 6.07) is 22.9. The van der Waals surface area contributed by atoms with Gasteiger partial charge in [0, 0.05) is 43.0 Å². The van der Waals surface area contributed by atoms with Crippen molar-refractivity contribution in [3.8, 4) is 11.1 Å². The Morgan fingerprint density at radius 1 is 0.875 bits per heavy atom. The Morgan fingerprint density at radius 3 is 2.33 bits per heavy atom. The molecule has 0 saturated carbocycles. The zero-order valence-electron chi connectivity index (χ0n) is 23.0. The number of amides is 3. The fraction of sp³-hybridized carbons (Fsp3) is 0.323. The number of ether oxygens (including phenoxy) is 1. The van der Waals surface area contributed by atoms with Crippen molar-refractivity contribution in [1.82, 2.24) is 15.5 Å². The Labute approximate surface area is 235 Å². The number of likely N-dealkylation sites (N-methyl/N-ethyl adjacent to an activating group) is 1. The van der Waals surface area contributed by atoms with E-state index in [-0.39, 0.29) is 24.5 Å². The second-order valence-electron chi connectivity index (χ2n) is 9.80. The molecule has 210 valence electrons. The Kier molecular flexibility index (Phi) is 10.3. The molecule has 0 aliphatic carbocycles. The number of piperidine rings is 1. The molecule has 9 heteroatoms. The second kappa shape index (κ2) is 14.3. The number of hydrogen-bond acceptors (Lipinski definition) is 6. The van der Waals surface area contributed by atoms with Gasteiger partial charge in [-0.1, -0.05) is 54.6 Å². The minimum absolute atomic E-state index is 0.154. The summed E-state index contributed by atoms with van der Waals surface area (Å²) in [7, 11) is 1.70. The summed E-state index contributed by atoms with van der Waals surface area (Å²) in [6.45, 7) is 4.78. The summed E-state index contributed by atoms with van der Waals surface area (Å²) >= 11 is 0. The predicted octanol–water partition coefficient (Wildman–Crippen LogP) is 4.26. The molecule has 0 unspecified atom stereocenters. The summed E-state index contributed by atoms with van der Waals surface area (Å²) in [6.07, 6.45) is 0.858. The van der Waals surface area contributed by atoms with Crippen molar-refractivity contribution in [3.05, 3.63) is 83.9 Å². The van der Waals surface area contributed by atoms with Crippen molar-refractivity contribution in [2.24, 2.45) is 0 Å². The standard InChI is InChI=1S/C31H37N5O4/c1-22-25(12-8-14-27(22)34-29(37)21-32-2)30(38)33-17-20-36-18-15-24(16-19-36)40-31(39)35-28-13-7-6-11-26(28)23-9-4-3-5-10-23/h3-14,24,32H,15-21H2,1-2H3,(H,33,38)(H,34,37)(H,35,39). The first kappa shape index (κ1) is 28.8. The predicted molar refractivity (Wildman–Crippen MR) is 158 cm³/mol. The summed E-state index contributed by atoms with van der Waals surface area (Å²) in [5.74, 6) is -0.335. The molecule has 3 amide bonds. The van der Waals surface area contributed by atoms with Crippen LogP contribution < -0.4 is 21.3 Å². The molecule has 9 nitrogen and oxygen atoms in total. The van der Waals surface area contributed by atoms with Crippen molar-refractivity contribution in [1.29, 1.82) is 0 Å². The van der Waals surface area contributed by atoms with Gasteiger partial charge < -0.3 is 25.6 Å². The molecule has 40 heavy (non-hydrogen) atoms.